The van der Waals surface area contributed by atoms with Crippen molar-refractivity contribution in [1.29, 1.82) is 0 Å². The van der Waals surface area contributed by atoms with E-state index in [0.717, 1.165) is 41.9 Å². The van der Waals surface area contributed by atoms with E-state index in [1.54, 1.807) is 11.3 Å². The summed E-state index contributed by atoms with van der Waals surface area (Å²) in [6, 6.07) is 8.78. The van der Waals surface area contributed by atoms with Gasteiger partial charge in [0.05, 0.1) is 11.4 Å². The second kappa shape index (κ2) is 9.48. The Kier molecular flexibility index (Phi) is 6.74. The summed E-state index contributed by atoms with van der Waals surface area (Å²) in [6.07, 6.45) is 6.96. The van der Waals surface area contributed by atoms with Gasteiger partial charge in [-0.2, -0.15) is 0 Å². The number of nitrogens with zero attached hydrogens (tertiary/aromatic N) is 1. The van der Waals surface area contributed by atoms with E-state index in [2.05, 4.69) is 27.7 Å². The maximum atomic E-state index is 12.9. The topological polar surface area (TPSA) is 61.4 Å². The van der Waals surface area contributed by atoms with Gasteiger partial charge in [0.2, 0.25) is 5.91 Å². The summed E-state index contributed by atoms with van der Waals surface area (Å²) in [6.45, 7) is 6.18. The van der Waals surface area contributed by atoms with Crippen LogP contribution in [0.4, 0.5) is 0 Å². The highest BCUT2D eigenvalue weighted by molar-refractivity contribution is 7.21. The molecule has 2 aliphatic rings. The van der Waals surface area contributed by atoms with Gasteiger partial charge in [-0.15, -0.1) is 11.3 Å². The highest BCUT2D eigenvalue weighted by Gasteiger charge is 2.31. The van der Waals surface area contributed by atoms with Crippen LogP contribution in [-0.2, 0) is 4.79 Å². The van der Waals surface area contributed by atoms with Crippen LogP contribution in [-0.4, -0.2) is 48.4 Å². The first-order chi connectivity index (χ1) is 14.5. The summed E-state index contributed by atoms with van der Waals surface area (Å²) in [5, 5.41) is 7.49. The molecule has 2 heterocycles. The molecule has 2 fully saturated rings. The third-order valence-corrected chi connectivity index (χ3v) is 7.46. The normalized spacial score (nSPS) is 20.7. The fourth-order valence-electron chi connectivity index (χ4n) is 4.90. The van der Waals surface area contributed by atoms with Gasteiger partial charge >= 0.3 is 0 Å². The average Bonchev–Trinajstić information content (AvgIpc) is 3.32. The number of hydrogen-bond acceptors (Lipinski definition) is 4. The molecule has 2 amide bonds. The Hall–Kier alpha value is -1.92. The molecule has 1 aromatic carbocycles. The number of nitrogens with one attached hydrogen (secondary N) is 2. The highest BCUT2D eigenvalue weighted by Crippen LogP contribution is 2.40. The average molecular weight is 428 g/mol. The summed E-state index contributed by atoms with van der Waals surface area (Å²) in [5.41, 5.74) is 1.17. The number of carbonyl (C=O) groups is 2. The number of fused-ring (bicyclic) bond motifs is 1. The fraction of sp³-hybridized carbons (Fsp3) is 0.583. The van der Waals surface area contributed by atoms with Gasteiger partial charge in [-0.25, -0.2) is 0 Å². The van der Waals surface area contributed by atoms with Crippen molar-refractivity contribution in [3.63, 3.8) is 0 Å². The molecule has 2 N–H and O–H groups in total. The van der Waals surface area contributed by atoms with E-state index >= 15 is 0 Å². The number of hydrogen-bond donors (Lipinski definition) is 2. The molecule has 0 radical (unpaired) electrons. The van der Waals surface area contributed by atoms with Crippen molar-refractivity contribution in [2.45, 2.75) is 70.4 Å². The van der Waals surface area contributed by atoms with Crippen molar-refractivity contribution < 1.29 is 9.59 Å². The molecule has 0 unspecified atom stereocenters. The third kappa shape index (κ3) is 4.86. The molecular weight excluding hydrogens is 394 g/mol. The molecule has 1 aliphatic heterocycles. The first kappa shape index (κ1) is 21.3. The van der Waals surface area contributed by atoms with Crippen LogP contribution >= 0.6 is 11.3 Å². The van der Waals surface area contributed by atoms with Crippen molar-refractivity contribution in [3.05, 3.63) is 34.7 Å². The Morgan fingerprint density at radius 2 is 1.90 bits per heavy atom. The number of rotatable bonds is 6. The number of benzene rings is 1. The molecule has 0 spiro atoms. The number of likely N-dealkylation sites (tertiary alicyclic amines) is 1. The maximum Gasteiger partial charge on any atom is 0.261 e. The van der Waals surface area contributed by atoms with Gasteiger partial charge in [-0.3, -0.25) is 14.5 Å². The SMILES string of the molecule is CC(C)NC(=O)c1sc2ccccc2c1[C@H]1CCN(CC(=O)NC2CCCCC2)C1. The third-order valence-electron chi connectivity index (χ3n) is 6.28. The van der Waals surface area contributed by atoms with Gasteiger partial charge in [-0.05, 0) is 56.7 Å². The molecule has 1 atom stereocenters. The van der Waals surface area contributed by atoms with Crippen molar-refractivity contribution in [2.24, 2.45) is 0 Å². The monoisotopic (exact) mass is 427 g/mol. The Labute approximate surface area is 183 Å². The molecule has 1 saturated heterocycles. The standard InChI is InChI=1S/C24H33N3O2S/c1-16(2)25-24(29)23-22(19-10-6-7-11-20(19)30-23)17-12-13-27(14-17)15-21(28)26-18-8-4-3-5-9-18/h6-7,10-11,16-18H,3-5,8-9,12-15H2,1-2H3,(H,25,29)(H,26,28)/t17-/m0/s1. The first-order valence-corrected chi connectivity index (χ1v) is 12.2. The Bertz CT molecular complexity index is 901. The van der Waals surface area contributed by atoms with Crippen molar-refractivity contribution in [2.75, 3.05) is 19.6 Å². The molecule has 30 heavy (non-hydrogen) atoms. The van der Waals surface area contributed by atoms with Gasteiger partial charge in [0, 0.05) is 29.2 Å². The van der Waals surface area contributed by atoms with Crippen LogP contribution in [0.25, 0.3) is 10.1 Å². The predicted octanol–water partition coefficient (Wildman–Crippen LogP) is 4.28. The molecule has 1 saturated carbocycles. The quantitative estimate of drug-likeness (QED) is 0.723. The zero-order valence-corrected chi connectivity index (χ0v) is 18.9. The lowest BCUT2D eigenvalue weighted by Crippen LogP contribution is -2.42. The van der Waals surface area contributed by atoms with Crippen LogP contribution in [0.1, 0.15) is 73.5 Å². The fourth-order valence-corrected chi connectivity index (χ4v) is 6.10. The molecule has 2 aromatic rings. The summed E-state index contributed by atoms with van der Waals surface area (Å²) in [7, 11) is 0. The van der Waals surface area contributed by atoms with Crippen LogP contribution in [0, 0.1) is 0 Å². The highest BCUT2D eigenvalue weighted by atomic mass is 32.1. The van der Waals surface area contributed by atoms with Gasteiger partial charge in [0.1, 0.15) is 0 Å². The van der Waals surface area contributed by atoms with E-state index in [4.69, 9.17) is 0 Å². The van der Waals surface area contributed by atoms with E-state index in [1.165, 1.54) is 30.2 Å². The minimum Gasteiger partial charge on any atom is -0.352 e. The van der Waals surface area contributed by atoms with E-state index in [0.29, 0.717) is 12.6 Å². The molecule has 162 valence electrons. The van der Waals surface area contributed by atoms with E-state index in [1.807, 2.05) is 26.0 Å². The molecule has 5 nitrogen and oxygen atoms in total. The summed E-state index contributed by atoms with van der Waals surface area (Å²) in [5.74, 6) is 0.460. The Morgan fingerprint density at radius 1 is 1.13 bits per heavy atom. The number of carbonyl (C=O) groups excluding carboxylic acids is 2. The smallest absolute Gasteiger partial charge is 0.261 e. The lowest BCUT2D eigenvalue weighted by atomic mass is 9.95. The maximum absolute atomic E-state index is 12.9. The molecule has 6 heteroatoms. The zero-order chi connectivity index (χ0) is 21.1. The zero-order valence-electron chi connectivity index (χ0n) is 18.1. The van der Waals surface area contributed by atoms with Gasteiger partial charge in [0.15, 0.2) is 0 Å². The summed E-state index contributed by atoms with van der Waals surface area (Å²) in [4.78, 5) is 28.5. The Morgan fingerprint density at radius 3 is 2.67 bits per heavy atom. The number of thiophene rings is 1. The molecule has 1 aliphatic carbocycles. The molecular formula is C24H33N3O2S. The van der Waals surface area contributed by atoms with E-state index in [-0.39, 0.29) is 23.8 Å². The minimum atomic E-state index is 0.0229. The summed E-state index contributed by atoms with van der Waals surface area (Å²) < 4.78 is 1.16. The van der Waals surface area contributed by atoms with Crippen molar-refractivity contribution in [3.8, 4) is 0 Å². The van der Waals surface area contributed by atoms with E-state index in [9.17, 15) is 9.59 Å². The minimum absolute atomic E-state index is 0.0229. The second-order valence-corrected chi connectivity index (χ2v) is 10.1. The second-order valence-electron chi connectivity index (χ2n) is 9.09. The Balaban J connectivity index is 1.46. The van der Waals surface area contributed by atoms with Gasteiger partial charge in [0.25, 0.3) is 5.91 Å². The van der Waals surface area contributed by atoms with Crippen LogP contribution < -0.4 is 10.6 Å². The molecule has 1 aromatic heterocycles. The van der Waals surface area contributed by atoms with Crippen LogP contribution in [0.3, 0.4) is 0 Å². The van der Waals surface area contributed by atoms with Crippen molar-refractivity contribution >= 4 is 33.2 Å². The van der Waals surface area contributed by atoms with E-state index < -0.39 is 0 Å². The summed E-state index contributed by atoms with van der Waals surface area (Å²) >= 11 is 1.59. The lowest BCUT2D eigenvalue weighted by Gasteiger charge is -2.24. The molecule has 0 bridgehead atoms. The van der Waals surface area contributed by atoms with Crippen LogP contribution in [0.5, 0.6) is 0 Å². The van der Waals surface area contributed by atoms with Crippen LogP contribution in [0.15, 0.2) is 24.3 Å². The van der Waals surface area contributed by atoms with Crippen LogP contribution in [0.2, 0.25) is 0 Å². The largest absolute Gasteiger partial charge is 0.352 e. The van der Waals surface area contributed by atoms with Gasteiger partial charge in [-0.1, -0.05) is 37.5 Å². The molecule has 4 rings (SSSR count). The predicted molar refractivity (Wildman–Crippen MR) is 123 cm³/mol. The number of amides is 2. The first-order valence-electron chi connectivity index (χ1n) is 11.3. The van der Waals surface area contributed by atoms with Gasteiger partial charge < -0.3 is 10.6 Å². The lowest BCUT2D eigenvalue weighted by molar-refractivity contribution is -0.122. The van der Waals surface area contributed by atoms with Crippen molar-refractivity contribution in [1.82, 2.24) is 15.5 Å².